The van der Waals surface area contributed by atoms with E-state index in [9.17, 15) is 9.59 Å². The Morgan fingerprint density at radius 1 is 1.13 bits per heavy atom. The van der Waals surface area contributed by atoms with Gasteiger partial charge in [-0.25, -0.2) is 4.98 Å². The number of hydrogen-bond acceptors (Lipinski definition) is 3. The molecule has 0 radical (unpaired) electrons. The molecule has 2 amide bonds. The molecular weight excluding hydrogens is 337 g/mol. The summed E-state index contributed by atoms with van der Waals surface area (Å²) in [6.07, 6.45) is 0. The molecule has 2 aromatic rings. The largest absolute Gasteiger partial charge is 0.332 e. The van der Waals surface area contributed by atoms with Crippen molar-refractivity contribution in [2.24, 2.45) is 0 Å². The standard InChI is InChI=1S/C16H15Cl2N3O2/c1-10-3-5-12(6-4-10)19-15(22)9-21(2)16(23)11-7-13(17)20-14(18)8-11/h3-8H,9H2,1-2H3,(H,19,22). The Labute approximate surface area is 144 Å². The summed E-state index contributed by atoms with van der Waals surface area (Å²) >= 11 is 11.6. The minimum atomic E-state index is -0.366. The zero-order chi connectivity index (χ0) is 17.0. The molecule has 1 heterocycles. The summed E-state index contributed by atoms with van der Waals surface area (Å²) in [5, 5.41) is 2.98. The molecule has 0 saturated heterocycles. The van der Waals surface area contributed by atoms with Crippen LogP contribution in [-0.2, 0) is 4.79 Å². The predicted molar refractivity (Wildman–Crippen MR) is 91.0 cm³/mol. The van der Waals surface area contributed by atoms with Gasteiger partial charge in [-0.1, -0.05) is 40.9 Å². The lowest BCUT2D eigenvalue weighted by Crippen LogP contribution is -2.35. The fourth-order valence-corrected chi connectivity index (χ4v) is 2.39. The van der Waals surface area contributed by atoms with Gasteiger partial charge in [-0.2, -0.15) is 0 Å². The summed E-state index contributed by atoms with van der Waals surface area (Å²) in [7, 11) is 1.53. The normalized spacial score (nSPS) is 10.3. The Balaban J connectivity index is 1.99. The van der Waals surface area contributed by atoms with Crippen molar-refractivity contribution in [2.45, 2.75) is 6.92 Å². The summed E-state index contributed by atoms with van der Waals surface area (Å²) in [6, 6.07) is 10.2. The molecule has 0 bridgehead atoms. The lowest BCUT2D eigenvalue weighted by atomic mass is 10.2. The van der Waals surface area contributed by atoms with Gasteiger partial charge in [-0.05, 0) is 31.2 Å². The first-order valence-electron chi connectivity index (χ1n) is 6.80. The number of carbonyl (C=O) groups is 2. The Morgan fingerprint density at radius 2 is 1.70 bits per heavy atom. The van der Waals surface area contributed by atoms with Gasteiger partial charge in [0.1, 0.15) is 10.3 Å². The van der Waals surface area contributed by atoms with Gasteiger partial charge in [-0.15, -0.1) is 0 Å². The third-order valence-corrected chi connectivity index (χ3v) is 3.46. The van der Waals surface area contributed by atoms with Crippen molar-refractivity contribution >= 4 is 40.7 Å². The van der Waals surface area contributed by atoms with Crippen LogP contribution in [0, 0.1) is 6.92 Å². The molecule has 0 saturated carbocycles. The first-order chi connectivity index (χ1) is 10.8. The van der Waals surface area contributed by atoms with E-state index >= 15 is 0 Å². The molecule has 7 heteroatoms. The second-order valence-electron chi connectivity index (χ2n) is 5.08. The summed E-state index contributed by atoms with van der Waals surface area (Å²) in [5.74, 6) is -0.661. The molecule has 5 nitrogen and oxygen atoms in total. The second kappa shape index (κ2) is 7.44. The van der Waals surface area contributed by atoms with E-state index in [1.807, 2.05) is 19.1 Å². The topological polar surface area (TPSA) is 62.3 Å². The molecule has 1 aromatic heterocycles. The van der Waals surface area contributed by atoms with Gasteiger partial charge >= 0.3 is 0 Å². The van der Waals surface area contributed by atoms with Gasteiger partial charge in [0, 0.05) is 18.3 Å². The first-order valence-corrected chi connectivity index (χ1v) is 7.56. The van der Waals surface area contributed by atoms with Crippen molar-refractivity contribution in [3.63, 3.8) is 0 Å². The van der Waals surface area contributed by atoms with Crippen molar-refractivity contribution in [1.82, 2.24) is 9.88 Å². The van der Waals surface area contributed by atoms with Crippen LogP contribution in [-0.4, -0.2) is 35.3 Å². The second-order valence-corrected chi connectivity index (χ2v) is 5.85. The van der Waals surface area contributed by atoms with Crippen molar-refractivity contribution in [1.29, 1.82) is 0 Å². The predicted octanol–water partition coefficient (Wildman–Crippen LogP) is 3.41. The van der Waals surface area contributed by atoms with Gasteiger partial charge in [0.05, 0.1) is 6.54 Å². The van der Waals surface area contributed by atoms with Gasteiger partial charge in [-0.3, -0.25) is 9.59 Å². The summed E-state index contributed by atoms with van der Waals surface area (Å²) in [5.41, 5.74) is 2.05. The van der Waals surface area contributed by atoms with Gasteiger partial charge in [0.25, 0.3) is 5.91 Å². The molecule has 0 spiro atoms. The number of benzene rings is 1. The molecule has 120 valence electrons. The van der Waals surface area contributed by atoms with E-state index in [2.05, 4.69) is 10.3 Å². The minimum absolute atomic E-state index is 0.0930. The highest BCUT2D eigenvalue weighted by Crippen LogP contribution is 2.16. The number of rotatable bonds is 4. The average molecular weight is 352 g/mol. The number of nitrogens with zero attached hydrogens (tertiary/aromatic N) is 2. The zero-order valence-corrected chi connectivity index (χ0v) is 14.1. The average Bonchev–Trinajstić information content (AvgIpc) is 2.47. The molecular formula is C16H15Cl2N3O2. The maximum atomic E-state index is 12.3. The maximum absolute atomic E-state index is 12.3. The van der Waals surface area contributed by atoms with Crippen LogP contribution in [0.1, 0.15) is 15.9 Å². The van der Waals surface area contributed by atoms with Crippen LogP contribution in [0.25, 0.3) is 0 Å². The van der Waals surface area contributed by atoms with Crippen molar-refractivity contribution < 1.29 is 9.59 Å². The van der Waals surface area contributed by atoms with Crippen molar-refractivity contribution in [2.75, 3.05) is 18.9 Å². The smallest absolute Gasteiger partial charge is 0.254 e. The van der Waals surface area contributed by atoms with Gasteiger partial charge in [0.2, 0.25) is 5.91 Å². The number of hydrogen-bond donors (Lipinski definition) is 1. The highest BCUT2D eigenvalue weighted by atomic mass is 35.5. The van der Waals surface area contributed by atoms with E-state index in [1.54, 1.807) is 12.1 Å². The molecule has 0 atom stereocenters. The van der Waals surface area contributed by atoms with Crippen LogP contribution in [0.2, 0.25) is 10.3 Å². The Bertz CT molecular complexity index is 712. The number of carbonyl (C=O) groups excluding carboxylic acids is 2. The van der Waals surface area contributed by atoms with Crippen LogP contribution in [0.3, 0.4) is 0 Å². The number of halogens is 2. The van der Waals surface area contributed by atoms with Gasteiger partial charge in [0.15, 0.2) is 0 Å². The molecule has 2 rings (SSSR count). The van der Waals surface area contributed by atoms with Crippen LogP contribution >= 0.6 is 23.2 Å². The molecule has 1 N–H and O–H groups in total. The Kier molecular flexibility index (Phi) is 5.58. The van der Waals surface area contributed by atoms with Crippen molar-refractivity contribution in [3.8, 4) is 0 Å². The number of likely N-dealkylation sites (N-methyl/N-ethyl adjacent to an activating group) is 1. The van der Waals surface area contributed by atoms with E-state index in [1.165, 1.54) is 24.1 Å². The van der Waals surface area contributed by atoms with Crippen LogP contribution < -0.4 is 5.32 Å². The monoisotopic (exact) mass is 351 g/mol. The SMILES string of the molecule is Cc1ccc(NC(=O)CN(C)C(=O)c2cc(Cl)nc(Cl)c2)cc1. The molecule has 1 aromatic carbocycles. The number of aromatic nitrogens is 1. The van der Waals surface area contributed by atoms with Crippen molar-refractivity contribution in [3.05, 3.63) is 57.8 Å². The van der Waals surface area contributed by atoms with Crippen LogP contribution in [0.15, 0.2) is 36.4 Å². The van der Waals surface area contributed by atoms with E-state index in [-0.39, 0.29) is 34.2 Å². The molecule has 0 aliphatic rings. The Morgan fingerprint density at radius 3 is 2.26 bits per heavy atom. The quantitative estimate of drug-likeness (QED) is 0.858. The number of nitrogens with one attached hydrogen (secondary N) is 1. The number of aryl methyl sites for hydroxylation is 1. The third-order valence-electron chi connectivity index (χ3n) is 3.07. The number of amides is 2. The number of anilines is 1. The highest BCUT2D eigenvalue weighted by Gasteiger charge is 2.16. The lowest BCUT2D eigenvalue weighted by molar-refractivity contribution is -0.116. The lowest BCUT2D eigenvalue weighted by Gasteiger charge is -2.17. The molecule has 0 fully saturated rings. The zero-order valence-electron chi connectivity index (χ0n) is 12.6. The van der Waals surface area contributed by atoms with E-state index in [0.717, 1.165) is 5.56 Å². The van der Waals surface area contributed by atoms with Gasteiger partial charge < -0.3 is 10.2 Å². The summed E-state index contributed by atoms with van der Waals surface area (Å²) < 4.78 is 0. The maximum Gasteiger partial charge on any atom is 0.254 e. The molecule has 0 unspecified atom stereocenters. The third kappa shape index (κ3) is 4.94. The van der Waals surface area contributed by atoms with E-state index in [4.69, 9.17) is 23.2 Å². The fourth-order valence-electron chi connectivity index (χ4n) is 1.93. The summed E-state index contributed by atoms with van der Waals surface area (Å²) in [4.78, 5) is 29.4. The molecule has 23 heavy (non-hydrogen) atoms. The van der Waals surface area contributed by atoms with Crippen LogP contribution in [0.5, 0.6) is 0 Å². The van der Waals surface area contributed by atoms with Crippen LogP contribution in [0.4, 0.5) is 5.69 Å². The molecule has 0 aliphatic heterocycles. The Hall–Kier alpha value is -2.11. The molecule has 0 aliphatic carbocycles. The van der Waals surface area contributed by atoms with E-state index in [0.29, 0.717) is 5.69 Å². The minimum Gasteiger partial charge on any atom is -0.332 e. The van der Waals surface area contributed by atoms with E-state index < -0.39 is 0 Å². The first kappa shape index (κ1) is 17.2. The highest BCUT2D eigenvalue weighted by molar-refractivity contribution is 6.33. The fraction of sp³-hybridized carbons (Fsp3) is 0.188. The summed E-state index contributed by atoms with van der Waals surface area (Å²) in [6.45, 7) is 1.87. The number of pyridine rings is 1.